The number of benzene rings is 1. The van der Waals surface area contributed by atoms with Crippen LogP contribution in [0.1, 0.15) is 17.3 Å². The van der Waals surface area contributed by atoms with Crippen molar-refractivity contribution in [3.8, 4) is 0 Å². The molecule has 8 heteroatoms. The molecule has 1 aromatic rings. The first-order valence-corrected chi connectivity index (χ1v) is 6.32. The summed E-state index contributed by atoms with van der Waals surface area (Å²) in [4.78, 5) is 11.6. The molecule has 0 spiro atoms. The first-order chi connectivity index (χ1) is 9.95. The molecule has 0 bridgehead atoms. The van der Waals surface area contributed by atoms with Gasteiger partial charge in [0.05, 0.1) is 6.61 Å². The zero-order valence-electron chi connectivity index (χ0n) is 11.4. The van der Waals surface area contributed by atoms with Gasteiger partial charge in [0.1, 0.15) is 23.9 Å². The van der Waals surface area contributed by atoms with Gasteiger partial charge in [0, 0.05) is 18.7 Å². The molecule has 0 aromatic heterocycles. The van der Waals surface area contributed by atoms with Crippen LogP contribution >= 0.6 is 0 Å². The van der Waals surface area contributed by atoms with E-state index in [1.807, 2.05) is 0 Å². The van der Waals surface area contributed by atoms with Crippen LogP contribution in [0.5, 0.6) is 0 Å². The monoisotopic (exact) mass is 308 g/mol. The summed E-state index contributed by atoms with van der Waals surface area (Å²) < 4.78 is 55.3. The molecule has 0 unspecified atom stereocenters. The topological polar surface area (TPSA) is 50.4 Å². The summed E-state index contributed by atoms with van der Waals surface area (Å²) in [5.41, 5.74) is -0.491. The quantitative estimate of drug-likeness (QED) is 0.573. The average Bonchev–Trinajstić information content (AvgIpc) is 2.41. The van der Waals surface area contributed by atoms with E-state index >= 15 is 0 Å². The Labute approximate surface area is 119 Å². The van der Waals surface area contributed by atoms with Gasteiger partial charge in [0.25, 0.3) is 12.3 Å². The number of carbonyl (C=O) groups is 1. The molecule has 0 radical (unpaired) electrons. The molecule has 4 nitrogen and oxygen atoms in total. The van der Waals surface area contributed by atoms with Gasteiger partial charge in [0.2, 0.25) is 0 Å². The number of hydrogen-bond acceptors (Lipinski definition) is 3. The van der Waals surface area contributed by atoms with Crippen molar-refractivity contribution in [1.82, 2.24) is 5.32 Å². The lowest BCUT2D eigenvalue weighted by molar-refractivity contribution is 0.0188. The van der Waals surface area contributed by atoms with E-state index in [2.05, 4.69) is 15.4 Å². The maximum Gasteiger partial charge on any atom is 0.261 e. The van der Waals surface area contributed by atoms with Gasteiger partial charge in [-0.2, -0.15) is 0 Å². The van der Waals surface area contributed by atoms with Crippen molar-refractivity contribution < 1.29 is 27.1 Å². The summed E-state index contributed by atoms with van der Waals surface area (Å²) in [7, 11) is 0. The zero-order chi connectivity index (χ0) is 15.8. The lowest BCUT2D eigenvalue weighted by Gasteiger charge is -2.10. The first kappa shape index (κ1) is 17.2. The van der Waals surface area contributed by atoms with Crippen LogP contribution in [0.2, 0.25) is 0 Å². The molecule has 0 fully saturated rings. The first-order valence-electron chi connectivity index (χ1n) is 6.32. The van der Waals surface area contributed by atoms with E-state index < -0.39 is 30.6 Å². The number of anilines is 1. The van der Waals surface area contributed by atoms with Gasteiger partial charge in [-0.05, 0) is 19.1 Å². The third kappa shape index (κ3) is 5.58. The molecule has 0 atom stereocenters. The van der Waals surface area contributed by atoms with Gasteiger partial charge in [-0.25, -0.2) is 17.6 Å². The Bertz CT molecular complexity index is 460. The lowest BCUT2D eigenvalue weighted by atomic mass is 10.1. The van der Waals surface area contributed by atoms with Gasteiger partial charge in [0.15, 0.2) is 0 Å². The van der Waals surface area contributed by atoms with Gasteiger partial charge in [-0.1, -0.05) is 0 Å². The normalized spacial score (nSPS) is 10.8. The summed E-state index contributed by atoms with van der Waals surface area (Å²) in [5.74, 6) is -2.47. The molecule has 118 valence electrons. The SMILES string of the molecule is CCNc1c(F)cc(C(=O)NCCOCC(F)F)cc1F. The lowest BCUT2D eigenvalue weighted by Crippen LogP contribution is -2.28. The number of hydrogen-bond donors (Lipinski definition) is 2. The molecular formula is C13H16F4N2O2. The summed E-state index contributed by atoms with van der Waals surface area (Å²) in [5, 5.41) is 4.82. The summed E-state index contributed by atoms with van der Waals surface area (Å²) >= 11 is 0. The number of rotatable bonds is 8. The van der Waals surface area contributed by atoms with E-state index in [-0.39, 0.29) is 24.4 Å². The highest BCUT2D eigenvalue weighted by Crippen LogP contribution is 2.20. The Balaban J connectivity index is 2.55. The number of nitrogens with one attached hydrogen (secondary N) is 2. The van der Waals surface area contributed by atoms with Crippen molar-refractivity contribution in [3.05, 3.63) is 29.3 Å². The predicted octanol–water partition coefficient (Wildman–Crippen LogP) is 2.41. The number of halogens is 4. The highest BCUT2D eigenvalue weighted by atomic mass is 19.3. The van der Waals surface area contributed by atoms with Crippen LogP contribution in [0.25, 0.3) is 0 Å². The Morgan fingerprint density at radius 1 is 1.29 bits per heavy atom. The number of alkyl halides is 2. The van der Waals surface area contributed by atoms with E-state index in [0.29, 0.717) is 6.54 Å². The fourth-order valence-corrected chi connectivity index (χ4v) is 1.56. The highest BCUT2D eigenvalue weighted by Gasteiger charge is 2.14. The van der Waals surface area contributed by atoms with Crippen molar-refractivity contribution in [2.45, 2.75) is 13.3 Å². The summed E-state index contributed by atoms with van der Waals surface area (Å²) in [6.45, 7) is 1.14. The molecule has 0 aliphatic heterocycles. The number of amides is 1. The Morgan fingerprint density at radius 2 is 1.90 bits per heavy atom. The molecule has 1 rings (SSSR count). The van der Waals surface area contributed by atoms with E-state index in [0.717, 1.165) is 12.1 Å². The highest BCUT2D eigenvalue weighted by molar-refractivity contribution is 5.94. The molecule has 2 N–H and O–H groups in total. The smallest absolute Gasteiger partial charge is 0.261 e. The molecule has 0 aliphatic rings. The van der Waals surface area contributed by atoms with Gasteiger partial charge >= 0.3 is 0 Å². The zero-order valence-corrected chi connectivity index (χ0v) is 11.4. The molecule has 1 aromatic carbocycles. The maximum atomic E-state index is 13.6. The summed E-state index contributed by atoms with van der Waals surface area (Å²) in [6.07, 6.45) is -2.58. The Hall–Kier alpha value is -1.83. The Morgan fingerprint density at radius 3 is 2.43 bits per heavy atom. The average molecular weight is 308 g/mol. The largest absolute Gasteiger partial charge is 0.381 e. The Kier molecular flexibility index (Phi) is 6.93. The fraction of sp³-hybridized carbons (Fsp3) is 0.462. The molecular weight excluding hydrogens is 292 g/mol. The van der Waals surface area contributed by atoms with E-state index in [1.54, 1.807) is 6.92 Å². The van der Waals surface area contributed by atoms with Gasteiger partial charge in [-0.15, -0.1) is 0 Å². The number of ether oxygens (including phenoxy) is 1. The fourth-order valence-electron chi connectivity index (χ4n) is 1.56. The molecule has 0 heterocycles. The molecule has 0 saturated heterocycles. The van der Waals surface area contributed by atoms with Crippen molar-refractivity contribution >= 4 is 11.6 Å². The second kappa shape index (κ2) is 8.46. The van der Waals surface area contributed by atoms with Crippen LogP contribution in [-0.2, 0) is 4.74 Å². The van der Waals surface area contributed by atoms with Crippen LogP contribution in [0.3, 0.4) is 0 Å². The predicted molar refractivity (Wildman–Crippen MR) is 69.7 cm³/mol. The van der Waals surface area contributed by atoms with E-state index in [4.69, 9.17) is 0 Å². The minimum atomic E-state index is -2.58. The van der Waals surface area contributed by atoms with Crippen molar-refractivity contribution in [3.63, 3.8) is 0 Å². The second-order valence-electron chi connectivity index (χ2n) is 4.07. The minimum Gasteiger partial charge on any atom is -0.381 e. The van der Waals surface area contributed by atoms with Crippen molar-refractivity contribution in [2.75, 3.05) is 31.6 Å². The standard InChI is InChI=1S/C13H16F4N2O2/c1-2-18-12-9(14)5-8(6-10(12)15)13(20)19-3-4-21-7-11(16)17/h5-6,11,18H,2-4,7H2,1H3,(H,19,20). The maximum absolute atomic E-state index is 13.6. The molecule has 1 amide bonds. The van der Waals surface area contributed by atoms with Gasteiger partial charge in [-0.3, -0.25) is 4.79 Å². The van der Waals surface area contributed by atoms with Crippen molar-refractivity contribution in [2.24, 2.45) is 0 Å². The second-order valence-corrected chi connectivity index (χ2v) is 4.07. The summed E-state index contributed by atoms with van der Waals surface area (Å²) in [6, 6.07) is 1.80. The number of carbonyl (C=O) groups excluding carboxylic acids is 1. The molecule has 21 heavy (non-hydrogen) atoms. The van der Waals surface area contributed by atoms with E-state index in [9.17, 15) is 22.4 Å². The minimum absolute atomic E-state index is 0.0379. The van der Waals surface area contributed by atoms with Crippen LogP contribution in [-0.4, -0.2) is 38.6 Å². The van der Waals surface area contributed by atoms with E-state index in [1.165, 1.54) is 0 Å². The molecule has 0 aliphatic carbocycles. The van der Waals surface area contributed by atoms with Crippen LogP contribution in [0.15, 0.2) is 12.1 Å². The van der Waals surface area contributed by atoms with Crippen LogP contribution in [0.4, 0.5) is 23.2 Å². The molecule has 0 saturated carbocycles. The van der Waals surface area contributed by atoms with Crippen LogP contribution < -0.4 is 10.6 Å². The van der Waals surface area contributed by atoms with Crippen LogP contribution in [0, 0.1) is 11.6 Å². The van der Waals surface area contributed by atoms with Gasteiger partial charge < -0.3 is 15.4 Å². The van der Waals surface area contributed by atoms with Crippen molar-refractivity contribution in [1.29, 1.82) is 0 Å². The third-order valence-corrected chi connectivity index (χ3v) is 2.43. The third-order valence-electron chi connectivity index (χ3n) is 2.43.